The first-order valence-corrected chi connectivity index (χ1v) is 7.08. The van der Waals surface area contributed by atoms with Crippen molar-refractivity contribution in [3.05, 3.63) is 53.1 Å². The zero-order valence-corrected chi connectivity index (χ0v) is 12.6. The van der Waals surface area contributed by atoms with Gasteiger partial charge in [-0.2, -0.15) is 0 Å². The molecular weight excluding hydrogens is 264 g/mol. The molecule has 0 aliphatic carbocycles. The van der Waals surface area contributed by atoms with E-state index in [0.717, 1.165) is 38.8 Å². The van der Waals surface area contributed by atoms with Crippen molar-refractivity contribution < 1.29 is 14.6 Å². The number of hydrogen-bond acceptors (Lipinski definition) is 3. The molecule has 110 valence electrons. The highest BCUT2D eigenvalue weighted by atomic mass is 16.5. The summed E-state index contributed by atoms with van der Waals surface area (Å²) >= 11 is 0. The molecule has 2 aromatic carbocycles. The maximum atomic E-state index is 10.5. The van der Waals surface area contributed by atoms with Crippen LogP contribution in [-0.2, 0) is 11.3 Å². The van der Waals surface area contributed by atoms with Crippen LogP contribution < -0.4 is 4.74 Å². The number of fused-ring (bicyclic) bond motifs is 3. The van der Waals surface area contributed by atoms with Gasteiger partial charge in [-0.15, -0.1) is 0 Å². The monoisotopic (exact) mass is 284 g/mol. The summed E-state index contributed by atoms with van der Waals surface area (Å²) in [6.07, 6.45) is -1.02. The molecule has 0 radical (unpaired) electrons. The number of aliphatic hydroxyl groups is 1. The lowest BCUT2D eigenvalue weighted by Crippen LogP contribution is -2.28. The number of hydrogen-bond donors (Lipinski definition) is 1. The Morgan fingerprint density at radius 2 is 2.14 bits per heavy atom. The van der Waals surface area contributed by atoms with Crippen LogP contribution in [0.25, 0.3) is 10.8 Å². The fourth-order valence-electron chi connectivity index (χ4n) is 3.09. The Bertz CT molecular complexity index is 718. The molecule has 0 saturated carbocycles. The summed E-state index contributed by atoms with van der Waals surface area (Å²) in [4.78, 5) is 0. The molecular formula is C18H20O3. The third-order valence-electron chi connectivity index (χ3n) is 4.09. The van der Waals surface area contributed by atoms with E-state index in [0.29, 0.717) is 6.61 Å². The molecule has 1 aliphatic rings. The molecule has 0 spiro atoms. The maximum absolute atomic E-state index is 10.5. The van der Waals surface area contributed by atoms with Crippen molar-refractivity contribution in [1.82, 2.24) is 0 Å². The van der Waals surface area contributed by atoms with Gasteiger partial charge in [0.2, 0.25) is 0 Å². The van der Waals surface area contributed by atoms with E-state index >= 15 is 0 Å². The molecule has 0 aromatic heterocycles. The number of ether oxygens (including phenoxy) is 2. The second kappa shape index (κ2) is 5.17. The van der Waals surface area contributed by atoms with E-state index < -0.39 is 6.10 Å². The van der Waals surface area contributed by atoms with Crippen molar-refractivity contribution in [2.45, 2.75) is 32.7 Å². The highest BCUT2D eigenvalue weighted by molar-refractivity contribution is 5.93. The van der Waals surface area contributed by atoms with Crippen LogP contribution in [0.5, 0.6) is 5.75 Å². The minimum absolute atomic E-state index is 0.341. The molecule has 0 fully saturated rings. The molecule has 1 heterocycles. The molecule has 0 bridgehead atoms. The van der Waals surface area contributed by atoms with E-state index in [4.69, 9.17) is 9.47 Å². The van der Waals surface area contributed by atoms with Gasteiger partial charge in [0.1, 0.15) is 18.0 Å². The van der Waals surface area contributed by atoms with E-state index in [9.17, 15) is 5.11 Å². The predicted molar refractivity (Wildman–Crippen MR) is 83.6 cm³/mol. The van der Waals surface area contributed by atoms with Crippen molar-refractivity contribution in [1.29, 1.82) is 0 Å². The first-order valence-electron chi connectivity index (χ1n) is 7.08. The average Bonchev–Trinajstić information content (AvgIpc) is 2.45. The number of benzene rings is 2. The van der Waals surface area contributed by atoms with E-state index in [1.807, 2.05) is 32.0 Å². The highest BCUT2D eigenvalue weighted by Crippen LogP contribution is 2.40. The Hall–Kier alpha value is -1.84. The van der Waals surface area contributed by atoms with Crippen molar-refractivity contribution in [2.75, 3.05) is 7.11 Å². The minimum Gasteiger partial charge on any atom is -0.496 e. The smallest absolute Gasteiger partial charge is 0.127 e. The Morgan fingerprint density at radius 3 is 2.81 bits per heavy atom. The van der Waals surface area contributed by atoms with Gasteiger partial charge in [0.15, 0.2) is 0 Å². The van der Waals surface area contributed by atoms with Gasteiger partial charge in [0, 0.05) is 5.39 Å². The average molecular weight is 284 g/mol. The molecule has 2 atom stereocenters. The van der Waals surface area contributed by atoms with Crippen molar-refractivity contribution in [3.8, 4) is 5.75 Å². The van der Waals surface area contributed by atoms with Crippen LogP contribution in [0, 0.1) is 6.92 Å². The lowest BCUT2D eigenvalue weighted by atomic mass is 9.89. The first-order chi connectivity index (χ1) is 10.0. The van der Waals surface area contributed by atoms with Crippen LogP contribution >= 0.6 is 0 Å². The quantitative estimate of drug-likeness (QED) is 0.855. The molecule has 0 unspecified atom stereocenters. The van der Waals surface area contributed by atoms with Gasteiger partial charge in [-0.3, -0.25) is 0 Å². The van der Waals surface area contributed by atoms with Gasteiger partial charge in [-0.25, -0.2) is 0 Å². The van der Waals surface area contributed by atoms with Crippen LogP contribution in [0.1, 0.15) is 29.7 Å². The fourth-order valence-corrected chi connectivity index (χ4v) is 3.09. The molecule has 1 aliphatic heterocycles. The Balaban J connectivity index is 2.24. The summed E-state index contributed by atoms with van der Waals surface area (Å²) in [7, 11) is 1.67. The SMILES string of the molecule is C=C(C)[C@@H]1OCc2c(ccc3cc(C)cc(OC)c23)[C@@H]1O. The van der Waals surface area contributed by atoms with E-state index in [-0.39, 0.29) is 6.10 Å². The summed E-state index contributed by atoms with van der Waals surface area (Å²) < 4.78 is 11.3. The van der Waals surface area contributed by atoms with Crippen molar-refractivity contribution >= 4 is 10.8 Å². The van der Waals surface area contributed by atoms with Gasteiger partial charge >= 0.3 is 0 Å². The lowest BCUT2D eigenvalue weighted by molar-refractivity contribution is -0.0415. The summed E-state index contributed by atoms with van der Waals surface area (Å²) in [5, 5.41) is 12.7. The second-order valence-electron chi connectivity index (χ2n) is 5.72. The van der Waals surface area contributed by atoms with Gasteiger partial charge in [0.05, 0.1) is 13.7 Å². The van der Waals surface area contributed by atoms with Crippen LogP contribution in [-0.4, -0.2) is 18.3 Å². The summed E-state index contributed by atoms with van der Waals surface area (Å²) in [5.41, 5.74) is 3.90. The number of aliphatic hydroxyl groups excluding tert-OH is 1. The third kappa shape index (κ3) is 2.23. The van der Waals surface area contributed by atoms with Crippen molar-refractivity contribution in [3.63, 3.8) is 0 Å². The van der Waals surface area contributed by atoms with E-state index in [1.165, 1.54) is 0 Å². The number of methoxy groups -OCH3 is 1. The standard InChI is InChI=1S/C18H20O3/c1-10(2)18-17(19)13-6-5-12-7-11(3)8-15(20-4)16(12)14(13)9-21-18/h5-8,17-19H,1,9H2,2-4H3/t17-,18-/m0/s1. The van der Waals surface area contributed by atoms with Crippen LogP contribution in [0.2, 0.25) is 0 Å². The molecule has 3 nitrogen and oxygen atoms in total. The Morgan fingerprint density at radius 1 is 1.38 bits per heavy atom. The van der Waals surface area contributed by atoms with E-state index in [2.05, 4.69) is 12.6 Å². The largest absolute Gasteiger partial charge is 0.496 e. The second-order valence-corrected chi connectivity index (χ2v) is 5.72. The summed E-state index contributed by atoms with van der Waals surface area (Å²) in [6, 6.07) is 8.16. The predicted octanol–water partition coefficient (Wildman–Crippen LogP) is 3.67. The van der Waals surface area contributed by atoms with Crippen LogP contribution in [0.4, 0.5) is 0 Å². The number of aryl methyl sites for hydroxylation is 1. The van der Waals surface area contributed by atoms with E-state index in [1.54, 1.807) is 7.11 Å². The molecule has 0 amide bonds. The number of rotatable bonds is 2. The normalized spacial score (nSPS) is 21.1. The molecule has 3 rings (SSSR count). The zero-order valence-electron chi connectivity index (χ0n) is 12.6. The molecule has 21 heavy (non-hydrogen) atoms. The van der Waals surface area contributed by atoms with Gasteiger partial charge in [-0.1, -0.05) is 24.8 Å². The Labute approximate surface area is 124 Å². The molecule has 0 saturated heterocycles. The lowest BCUT2D eigenvalue weighted by Gasteiger charge is -2.32. The summed E-state index contributed by atoms with van der Waals surface area (Å²) in [5.74, 6) is 0.825. The maximum Gasteiger partial charge on any atom is 0.127 e. The first kappa shape index (κ1) is 14.1. The van der Waals surface area contributed by atoms with Gasteiger partial charge in [-0.05, 0) is 47.6 Å². The molecule has 2 aromatic rings. The van der Waals surface area contributed by atoms with Crippen LogP contribution in [0.3, 0.4) is 0 Å². The Kier molecular flexibility index (Phi) is 3.47. The third-order valence-corrected chi connectivity index (χ3v) is 4.09. The van der Waals surface area contributed by atoms with Crippen LogP contribution in [0.15, 0.2) is 36.4 Å². The van der Waals surface area contributed by atoms with Crippen molar-refractivity contribution in [2.24, 2.45) is 0 Å². The van der Waals surface area contributed by atoms with Gasteiger partial charge < -0.3 is 14.6 Å². The topological polar surface area (TPSA) is 38.7 Å². The van der Waals surface area contributed by atoms with Gasteiger partial charge in [0.25, 0.3) is 0 Å². The minimum atomic E-state index is -0.679. The summed E-state index contributed by atoms with van der Waals surface area (Å²) in [6.45, 7) is 8.28. The molecule has 1 N–H and O–H groups in total. The highest BCUT2D eigenvalue weighted by Gasteiger charge is 2.31. The zero-order chi connectivity index (χ0) is 15.1. The molecule has 3 heteroatoms. The fraction of sp³-hybridized carbons (Fsp3) is 0.333.